The van der Waals surface area contributed by atoms with Gasteiger partial charge in [0.2, 0.25) is 5.88 Å². The van der Waals surface area contributed by atoms with Crippen LogP contribution in [0.3, 0.4) is 0 Å². The molecule has 0 fully saturated rings. The quantitative estimate of drug-likeness (QED) is 0.796. The molecule has 0 atom stereocenters. The summed E-state index contributed by atoms with van der Waals surface area (Å²) in [6.07, 6.45) is 3.42. The van der Waals surface area contributed by atoms with Crippen molar-refractivity contribution in [3.63, 3.8) is 0 Å². The first-order chi connectivity index (χ1) is 10.2. The lowest BCUT2D eigenvalue weighted by molar-refractivity contribution is 0.462. The highest BCUT2D eigenvalue weighted by Crippen LogP contribution is 2.24. The molecule has 0 unspecified atom stereocenters. The second-order valence-electron chi connectivity index (χ2n) is 4.48. The molecule has 2 aromatic heterocycles. The fraction of sp³-hybridized carbons (Fsp3) is 0.133. The van der Waals surface area contributed by atoms with Gasteiger partial charge < -0.3 is 10.1 Å². The van der Waals surface area contributed by atoms with E-state index in [4.69, 9.17) is 4.74 Å². The molecule has 0 amide bonds. The van der Waals surface area contributed by atoms with Crippen LogP contribution in [0, 0.1) is 0 Å². The molecule has 3 aromatic rings. The van der Waals surface area contributed by atoms with Gasteiger partial charge in [-0.2, -0.15) is 10.1 Å². The van der Waals surface area contributed by atoms with Crippen LogP contribution in [0.5, 0.6) is 11.6 Å². The van der Waals surface area contributed by atoms with Crippen molar-refractivity contribution in [2.75, 3.05) is 12.4 Å². The van der Waals surface area contributed by atoms with Crippen molar-refractivity contribution in [3.05, 3.63) is 48.8 Å². The zero-order valence-corrected chi connectivity index (χ0v) is 11.8. The second kappa shape index (κ2) is 5.62. The van der Waals surface area contributed by atoms with E-state index in [0.717, 1.165) is 5.56 Å². The van der Waals surface area contributed by atoms with Crippen molar-refractivity contribution in [2.24, 2.45) is 7.05 Å². The molecular weight excluding hydrogens is 266 g/mol. The smallest absolute Gasteiger partial charge is 0.225 e. The Bertz CT molecular complexity index is 739. The Morgan fingerprint density at radius 3 is 2.62 bits per heavy atom. The summed E-state index contributed by atoms with van der Waals surface area (Å²) < 4.78 is 7.40. The molecule has 21 heavy (non-hydrogen) atoms. The van der Waals surface area contributed by atoms with Crippen LogP contribution in [-0.4, -0.2) is 26.8 Å². The Balaban J connectivity index is 1.97. The first-order valence-corrected chi connectivity index (χ1v) is 6.53. The van der Waals surface area contributed by atoms with Gasteiger partial charge in [-0.15, -0.1) is 0 Å². The van der Waals surface area contributed by atoms with E-state index in [1.54, 1.807) is 23.1 Å². The number of nitrogens with zero attached hydrogens (tertiary/aromatic N) is 4. The van der Waals surface area contributed by atoms with Gasteiger partial charge >= 0.3 is 0 Å². The normalized spacial score (nSPS) is 10.4. The minimum absolute atomic E-state index is 0.473. The molecule has 3 rings (SSSR count). The molecule has 0 saturated carbocycles. The zero-order chi connectivity index (χ0) is 14.7. The third-order valence-electron chi connectivity index (χ3n) is 2.89. The maximum atomic E-state index is 5.73. The van der Waals surface area contributed by atoms with E-state index >= 15 is 0 Å². The van der Waals surface area contributed by atoms with Crippen LogP contribution in [0.15, 0.2) is 48.8 Å². The summed E-state index contributed by atoms with van der Waals surface area (Å²) >= 11 is 0. The number of aryl methyl sites for hydroxylation is 1. The lowest BCUT2D eigenvalue weighted by Gasteiger charge is -2.08. The molecule has 0 aliphatic rings. The molecule has 0 saturated heterocycles. The summed E-state index contributed by atoms with van der Waals surface area (Å²) in [4.78, 5) is 8.89. The lowest BCUT2D eigenvalue weighted by atomic mass is 10.2. The topological polar surface area (TPSA) is 64.9 Å². The number of anilines is 1. The van der Waals surface area contributed by atoms with Gasteiger partial charge in [0.05, 0.1) is 12.4 Å². The van der Waals surface area contributed by atoms with E-state index < -0.39 is 0 Å². The van der Waals surface area contributed by atoms with Crippen LogP contribution in [-0.2, 0) is 7.05 Å². The summed E-state index contributed by atoms with van der Waals surface area (Å²) in [5.74, 6) is 2.42. The van der Waals surface area contributed by atoms with Crippen LogP contribution in [0.1, 0.15) is 0 Å². The highest BCUT2D eigenvalue weighted by molar-refractivity contribution is 5.58. The number of ether oxygens (including phenoxy) is 1. The Hall–Kier alpha value is -2.89. The molecule has 0 aliphatic carbocycles. The van der Waals surface area contributed by atoms with E-state index in [0.29, 0.717) is 23.3 Å². The first-order valence-electron chi connectivity index (χ1n) is 6.53. The highest BCUT2D eigenvalue weighted by atomic mass is 16.5. The third-order valence-corrected chi connectivity index (χ3v) is 2.89. The Morgan fingerprint density at radius 1 is 1.14 bits per heavy atom. The van der Waals surface area contributed by atoms with Crippen LogP contribution in [0.4, 0.5) is 5.82 Å². The Morgan fingerprint density at radius 2 is 1.95 bits per heavy atom. The minimum atomic E-state index is 0.473. The van der Waals surface area contributed by atoms with Gasteiger partial charge in [0, 0.05) is 25.7 Å². The molecule has 2 heterocycles. The van der Waals surface area contributed by atoms with Crippen LogP contribution in [0.2, 0.25) is 0 Å². The predicted molar refractivity (Wildman–Crippen MR) is 80.3 cm³/mol. The van der Waals surface area contributed by atoms with Crippen molar-refractivity contribution in [1.29, 1.82) is 0 Å². The van der Waals surface area contributed by atoms with Crippen molar-refractivity contribution >= 4 is 5.82 Å². The molecule has 1 N–H and O–H groups in total. The summed E-state index contributed by atoms with van der Waals surface area (Å²) in [7, 11) is 3.65. The number of hydrogen-bond donors (Lipinski definition) is 1. The maximum absolute atomic E-state index is 5.73. The van der Waals surface area contributed by atoms with Gasteiger partial charge in [0.15, 0.2) is 11.6 Å². The van der Waals surface area contributed by atoms with Crippen LogP contribution >= 0.6 is 0 Å². The monoisotopic (exact) mass is 281 g/mol. The van der Waals surface area contributed by atoms with E-state index in [1.807, 2.05) is 44.4 Å². The number of aromatic nitrogens is 4. The largest absolute Gasteiger partial charge is 0.436 e. The van der Waals surface area contributed by atoms with Crippen LogP contribution < -0.4 is 10.1 Å². The van der Waals surface area contributed by atoms with Crippen molar-refractivity contribution in [2.45, 2.75) is 0 Å². The second-order valence-corrected chi connectivity index (χ2v) is 4.48. The van der Waals surface area contributed by atoms with Gasteiger partial charge in [-0.25, -0.2) is 4.98 Å². The van der Waals surface area contributed by atoms with E-state index in [-0.39, 0.29) is 0 Å². The number of nitrogens with one attached hydrogen (secondary N) is 1. The standard InChI is InChI=1S/C15H15N5O/c1-16-13-8-14(21-12-9-17-20(2)10-12)19-15(18-13)11-6-4-3-5-7-11/h3-10H,1-2H3,(H,16,18,19). The van der Waals surface area contributed by atoms with Gasteiger partial charge in [0.25, 0.3) is 0 Å². The Kier molecular flexibility index (Phi) is 3.51. The molecule has 1 aromatic carbocycles. The van der Waals surface area contributed by atoms with Gasteiger partial charge in [-0.1, -0.05) is 30.3 Å². The predicted octanol–water partition coefficient (Wildman–Crippen LogP) is 2.71. The molecule has 0 spiro atoms. The minimum Gasteiger partial charge on any atom is -0.436 e. The highest BCUT2D eigenvalue weighted by Gasteiger charge is 2.08. The van der Waals surface area contributed by atoms with Gasteiger partial charge in [-0.3, -0.25) is 4.68 Å². The summed E-state index contributed by atoms with van der Waals surface area (Å²) in [6.45, 7) is 0. The number of rotatable bonds is 4. The van der Waals surface area contributed by atoms with Gasteiger partial charge in [0.1, 0.15) is 5.82 Å². The molecule has 0 aliphatic heterocycles. The Labute approximate surface area is 122 Å². The summed E-state index contributed by atoms with van der Waals surface area (Å²) in [5, 5.41) is 7.09. The average molecular weight is 281 g/mol. The lowest BCUT2D eigenvalue weighted by Crippen LogP contribution is -1.99. The fourth-order valence-corrected chi connectivity index (χ4v) is 1.89. The fourth-order valence-electron chi connectivity index (χ4n) is 1.89. The number of benzene rings is 1. The summed E-state index contributed by atoms with van der Waals surface area (Å²) in [5.41, 5.74) is 0.936. The summed E-state index contributed by atoms with van der Waals surface area (Å²) in [6, 6.07) is 11.5. The SMILES string of the molecule is CNc1cc(Oc2cnn(C)c2)nc(-c2ccccc2)n1. The average Bonchev–Trinajstić information content (AvgIpc) is 2.93. The molecule has 6 heteroatoms. The van der Waals surface area contributed by atoms with E-state index in [1.165, 1.54) is 0 Å². The van der Waals surface area contributed by atoms with Crippen molar-refractivity contribution < 1.29 is 4.74 Å². The van der Waals surface area contributed by atoms with E-state index in [9.17, 15) is 0 Å². The van der Waals surface area contributed by atoms with Gasteiger partial charge in [-0.05, 0) is 0 Å². The molecule has 106 valence electrons. The van der Waals surface area contributed by atoms with Crippen molar-refractivity contribution in [3.8, 4) is 23.0 Å². The first kappa shape index (κ1) is 13.1. The third kappa shape index (κ3) is 3.00. The van der Waals surface area contributed by atoms with Crippen LogP contribution in [0.25, 0.3) is 11.4 Å². The molecule has 0 radical (unpaired) electrons. The van der Waals surface area contributed by atoms with E-state index in [2.05, 4.69) is 20.4 Å². The number of hydrogen-bond acceptors (Lipinski definition) is 5. The molecule has 0 bridgehead atoms. The molecule has 6 nitrogen and oxygen atoms in total. The maximum Gasteiger partial charge on any atom is 0.225 e. The zero-order valence-electron chi connectivity index (χ0n) is 11.8. The van der Waals surface area contributed by atoms with Crippen molar-refractivity contribution in [1.82, 2.24) is 19.7 Å². The molecular formula is C15H15N5O.